The van der Waals surface area contributed by atoms with Crippen LogP contribution < -0.4 is 15.2 Å². The second-order valence-corrected chi connectivity index (χ2v) is 8.06. The van der Waals surface area contributed by atoms with Crippen molar-refractivity contribution >= 4 is 27.5 Å². The summed E-state index contributed by atoms with van der Waals surface area (Å²) in [6.07, 6.45) is 2.27. The molecule has 7 heteroatoms. The summed E-state index contributed by atoms with van der Waals surface area (Å²) in [5.41, 5.74) is 6.22. The molecule has 2 rings (SSSR count). The first-order valence-electron chi connectivity index (χ1n) is 6.62. The van der Waals surface area contributed by atoms with Gasteiger partial charge in [-0.15, -0.1) is 0 Å². The number of nitrogens with two attached hydrogens (primary N) is 1. The summed E-state index contributed by atoms with van der Waals surface area (Å²) in [5.74, 6) is 1.68. The Morgan fingerprint density at radius 1 is 1.45 bits per heavy atom. The van der Waals surface area contributed by atoms with Crippen LogP contribution in [0.15, 0.2) is 24.3 Å². The van der Waals surface area contributed by atoms with Gasteiger partial charge in [-0.05, 0) is 30.7 Å². The number of nitrogens with one attached hydrogen (secondary N) is 1. The molecule has 5 nitrogen and oxygen atoms in total. The van der Waals surface area contributed by atoms with Crippen LogP contribution in [-0.2, 0) is 10.0 Å². The van der Waals surface area contributed by atoms with Crippen LogP contribution in [0.5, 0.6) is 5.75 Å². The van der Waals surface area contributed by atoms with Gasteiger partial charge in [-0.25, -0.2) is 13.1 Å². The largest absolute Gasteiger partial charge is 0.492 e. The molecular formula is C13H20N2O3S2. The van der Waals surface area contributed by atoms with E-state index in [9.17, 15) is 8.42 Å². The van der Waals surface area contributed by atoms with Gasteiger partial charge < -0.3 is 10.5 Å². The SMILES string of the molecule is Nc1cccc(OCCS(=O)(=O)NCC2CCCS2)c1. The van der Waals surface area contributed by atoms with Gasteiger partial charge in [0.25, 0.3) is 0 Å². The second-order valence-electron chi connectivity index (χ2n) is 4.72. The molecular weight excluding hydrogens is 296 g/mol. The zero-order chi connectivity index (χ0) is 14.4. The molecule has 20 heavy (non-hydrogen) atoms. The third-order valence-electron chi connectivity index (χ3n) is 3.03. The van der Waals surface area contributed by atoms with Crippen molar-refractivity contribution in [2.45, 2.75) is 18.1 Å². The molecule has 0 spiro atoms. The summed E-state index contributed by atoms with van der Waals surface area (Å²) in [5, 5.41) is 0.416. The highest BCUT2D eigenvalue weighted by Gasteiger charge is 2.18. The molecule has 1 aromatic rings. The van der Waals surface area contributed by atoms with Crippen LogP contribution >= 0.6 is 11.8 Å². The van der Waals surface area contributed by atoms with Gasteiger partial charge in [-0.2, -0.15) is 11.8 Å². The highest BCUT2D eigenvalue weighted by molar-refractivity contribution is 8.00. The Morgan fingerprint density at radius 3 is 3.00 bits per heavy atom. The van der Waals surface area contributed by atoms with Gasteiger partial charge in [-0.3, -0.25) is 0 Å². The second kappa shape index (κ2) is 7.19. The number of hydrogen-bond donors (Lipinski definition) is 2. The van der Waals surface area contributed by atoms with Crippen molar-refractivity contribution in [2.75, 3.05) is 30.4 Å². The van der Waals surface area contributed by atoms with E-state index in [1.165, 1.54) is 6.42 Å². The van der Waals surface area contributed by atoms with E-state index in [2.05, 4.69) is 4.72 Å². The van der Waals surface area contributed by atoms with Crippen LogP contribution in [0.25, 0.3) is 0 Å². The monoisotopic (exact) mass is 316 g/mol. The molecule has 0 aliphatic carbocycles. The van der Waals surface area contributed by atoms with E-state index in [1.54, 1.807) is 24.3 Å². The molecule has 1 fully saturated rings. The van der Waals surface area contributed by atoms with Crippen molar-refractivity contribution in [3.05, 3.63) is 24.3 Å². The van der Waals surface area contributed by atoms with Crippen molar-refractivity contribution < 1.29 is 13.2 Å². The first-order valence-corrected chi connectivity index (χ1v) is 9.32. The van der Waals surface area contributed by atoms with E-state index in [1.807, 2.05) is 11.8 Å². The van der Waals surface area contributed by atoms with Gasteiger partial charge in [0, 0.05) is 23.5 Å². The van der Waals surface area contributed by atoms with Crippen LogP contribution in [-0.4, -0.2) is 38.3 Å². The maximum Gasteiger partial charge on any atom is 0.214 e. The number of anilines is 1. The number of sulfonamides is 1. The molecule has 1 saturated heterocycles. The van der Waals surface area contributed by atoms with Gasteiger partial charge in [0.05, 0.1) is 5.75 Å². The Labute approximate surface area is 124 Å². The number of thioether (sulfide) groups is 1. The lowest BCUT2D eigenvalue weighted by atomic mass is 10.2. The molecule has 0 radical (unpaired) electrons. The molecule has 112 valence electrons. The summed E-state index contributed by atoms with van der Waals surface area (Å²) < 4.78 is 31.7. The van der Waals surface area contributed by atoms with E-state index in [4.69, 9.17) is 10.5 Å². The van der Waals surface area contributed by atoms with Crippen molar-refractivity contribution in [1.29, 1.82) is 0 Å². The van der Waals surface area contributed by atoms with Crippen molar-refractivity contribution in [3.8, 4) is 5.75 Å². The quantitative estimate of drug-likeness (QED) is 0.744. The molecule has 1 aliphatic rings. The van der Waals surface area contributed by atoms with Gasteiger partial charge in [0.2, 0.25) is 10.0 Å². The van der Waals surface area contributed by atoms with Crippen molar-refractivity contribution in [3.63, 3.8) is 0 Å². The molecule has 1 aliphatic heterocycles. The molecule has 1 unspecified atom stereocenters. The Bertz CT molecular complexity index is 528. The topological polar surface area (TPSA) is 81.4 Å². The van der Waals surface area contributed by atoms with E-state index in [0.717, 1.165) is 12.2 Å². The van der Waals surface area contributed by atoms with Gasteiger partial charge >= 0.3 is 0 Å². The maximum absolute atomic E-state index is 11.8. The summed E-state index contributed by atoms with van der Waals surface area (Å²) in [7, 11) is -3.27. The Kier molecular flexibility index (Phi) is 5.56. The van der Waals surface area contributed by atoms with E-state index in [0.29, 0.717) is 23.2 Å². The first kappa shape index (κ1) is 15.5. The number of hydrogen-bond acceptors (Lipinski definition) is 5. The summed E-state index contributed by atoms with van der Waals surface area (Å²) in [6.45, 7) is 0.641. The lowest BCUT2D eigenvalue weighted by molar-refractivity contribution is 0.340. The third-order valence-corrected chi connectivity index (χ3v) is 5.74. The Hall–Kier alpha value is -0.920. The molecule has 0 bridgehead atoms. The molecule has 3 N–H and O–H groups in total. The molecule has 0 amide bonds. The minimum absolute atomic E-state index is 0.0425. The predicted molar refractivity (Wildman–Crippen MR) is 83.6 cm³/mol. The fourth-order valence-corrected chi connectivity index (χ4v) is 4.18. The average molecular weight is 316 g/mol. The smallest absolute Gasteiger partial charge is 0.214 e. The van der Waals surface area contributed by atoms with Crippen molar-refractivity contribution in [2.24, 2.45) is 0 Å². The van der Waals surface area contributed by atoms with Gasteiger partial charge in [0.15, 0.2) is 0 Å². The van der Waals surface area contributed by atoms with Crippen LogP contribution in [0.2, 0.25) is 0 Å². The number of benzene rings is 1. The van der Waals surface area contributed by atoms with Gasteiger partial charge in [-0.1, -0.05) is 6.07 Å². The maximum atomic E-state index is 11.8. The van der Waals surface area contributed by atoms with E-state index < -0.39 is 10.0 Å². The Balaban J connectivity index is 1.71. The van der Waals surface area contributed by atoms with Crippen LogP contribution in [0.3, 0.4) is 0 Å². The minimum atomic E-state index is -3.27. The normalized spacial score (nSPS) is 19.1. The molecule has 1 heterocycles. The summed E-state index contributed by atoms with van der Waals surface area (Å²) in [4.78, 5) is 0. The molecule has 0 saturated carbocycles. The van der Waals surface area contributed by atoms with Crippen LogP contribution in [0.4, 0.5) is 5.69 Å². The van der Waals surface area contributed by atoms with E-state index >= 15 is 0 Å². The number of rotatable bonds is 7. The van der Waals surface area contributed by atoms with E-state index in [-0.39, 0.29) is 12.4 Å². The zero-order valence-corrected chi connectivity index (χ0v) is 12.9. The first-order chi connectivity index (χ1) is 9.55. The average Bonchev–Trinajstić information content (AvgIpc) is 2.89. The zero-order valence-electron chi connectivity index (χ0n) is 11.2. The molecule has 0 aromatic heterocycles. The standard InChI is InChI=1S/C13H20N2O3S2/c14-11-3-1-4-12(9-11)18-6-8-20(16,17)15-10-13-5-2-7-19-13/h1,3-4,9,13,15H,2,5-8,10,14H2. The highest BCUT2D eigenvalue weighted by Crippen LogP contribution is 2.25. The molecule has 1 atom stereocenters. The lowest BCUT2D eigenvalue weighted by Gasteiger charge is -2.11. The van der Waals surface area contributed by atoms with Gasteiger partial charge in [0.1, 0.15) is 12.4 Å². The lowest BCUT2D eigenvalue weighted by Crippen LogP contribution is -2.33. The van der Waals surface area contributed by atoms with Crippen LogP contribution in [0, 0.1) is 0 Å². The summed E-state index contributed by atoms with van der Waals surface area (Å²) >= 11 is 1.83. The van der Waals surface area contributed by atoms with Crippen LogP contribution in [0.1, 0.15) is 12.8 Å². The Morgan fingerprint density at radius 2 is 2.30 bits per heavy atom. The fourth-order valence-electron chi connectivity index (χ4n) is 1.97. The predicted octanol–water partition coefficient (Wildman–Crippen LogP) is 1.46. The van der Waals surface area contributed by atoms with Crippen molar-refractivity contribution in [1.82, 2.24) is 4.72 Å². The third kappa shape index (κ3) is 5.22. The highest BCUT2D eigenvalue weighted by atomic mass is 32.2. The number of ether oxygens (including phenoxy) is 1. The summed E-state index contributed by atoms with van der Waals surface area (Å²) in [6, 6.07) is 6.96. The minimum Gasteiger partial charge on any atom is -0.492 e. The fraction of sp³-hybridized carbons (Fsp3) is 0.538. The molecule has 1 aromatic carbocycles. The number of nitrogen functional groups attached to an aromatic ring is 1.